The Labute approximate surface area is 349 Å². The molecule has 0 bridgehead atoms. The first-order valence-electron chi connectivity index (χ1n) is 20.4. The molecule has 2 saturated heterocycles. The van der Waals surface area contributed by atoms with Gasteiger partial charge in [0.1, 0.15) is 18.5 Å². The van der Waals surface area contributed by atoms with E-state index in [0.29, 0.717) is 17.0 Å². The number of imidazole rings is 1. The van der Waals surface area contributed by atoms with E-state index in [1.54, 1.807) is 6.33 Å². The zero-order valence-electron chi connectivity index (χ0n) is 35.5. The van der Waals surface area contributed by atoms with Gasteiger partial charge in [-0.25, -0.2) is 15.0 Å². The summed E-state index contributed by atoms with van der Waals surface area (Å²) in [5, 5.41) is 7.02. The topological polar surface area (TPSA) is 113 Å². The number of ether oxygens (including phenoxy) is 2. The minimum absolute atomic E-state index is 0.175. The standard InChI is InChI=1S/C47H55N5O5Si2/c1-44(2,3)43(53)51-40-37-41(49-31-48-40)52(32-50-37)42-38(57-59(46(7,8)9,35-26-18-12-19-27-35)36-28-20-13-21-29-36)39-47(55-39,56-42)30-54-58(45(4,5)6,33-22-14-10-15-23-33)34-24-16-11-17-25-34/h10-29,31-32,38-39,42H,30H2,1-9H3,(H,48,49,51,53)/t38-,39-,42-,47+/m1/s1. The van der Waals surface area contributed by atoms with E-state index in [-0.39, 0.29) is 22.6 Å². The van der Waals surface area contributed by atoms with E-state index in [0.717, 1.165) is 10.4 Å². The number of fused-ring (bicyclic) bond motifs is 2. The van der Waals surface area contributed by atoms with Gasteiger partial charge in [-0.1, -0.05) is 184 Å². The van der Waals surface area contributed by atoms with Crippen LogP contribution in [0.5, 0.6) is 0 Å². The van der Waals surface area contributed by atoms with E-state index in [2.05, 4.69) is 149 Å². The van der Waals surface area contributed by atoms with Crippen LogP contribution in [0, 0.1) is 5.41 Å². The molecule has 1 amide bonds. The highest BCUT2D eigenvalue weighted by atomic mass is 28.4. The molecular weight excluding hydrogens is 771 g/mol. The van der Waals surface area contributed by atoms with Crippen molar-refractivity contribution < 1.29 is 23.1 Å². The van der Waals surface area contributed by atoms with Gasteiger partial charge in [0, 0.05) is 5.41 Å². The second-order valence-electron chi connectivity index (χ2n) is 18.8. The van der Waals surface area contributed by atoms with E-state index >= 15 is 0 Å². The summed E-state index contributed by atoms with van der Waals surface area (Å²) in [4.78, 5) is 27.1. The van der Waals surface area contributed by atoms with Crippen LogP contribution in [0.4, 0.5) is 5.82 Å². The number of nitrogens with one attached hydrogen (secondary N) is 1. The number of aromatic nitrogens is 4. The number of carbonyl (C=O) groups excluding carboxylic acids is 1. The van der Waals surface area contributed by atoms with Crippen molar-refractivity contribution >= 4 is 60.3 Å². The van der Waals surface area contributed by atoms with Crippen molar-refractivity contribution in [3.63, 3.8) is 0 Å². The number of epoxide rings is 1. The lowest BCUT2D eigenvalue weighted by molar-refractivity contribution is -0.157. The molecule has 59 heavy (non-hydrogen) atoms. The van der Waals surface area contributed by atoms with Crippen LogP contribution >= 0.6 is 0 Å². The molecule has 2 aliphatic heterocycles. The van der Waals surface area contributed by atoms with Gasteiger partial charge in [-0.2, -0.15) is 0 Å². The Balaban J connectivity index is 1.26. The fourth-order valence-electron chi connectivity index (χ4n) is 8.79. The Morgan fingerprint density at radius 3 is 1.61 bits per heavy atom. The Hall–Kier alpha value is -4.83. The van der Waals surface area contributed by atoms with Crippen molar-refractivity contribution in [3.8, 4) is 0 Å². The smallest absolute Gasteiger partial charge is 0.261 e. The normalized spacial score (nSPS) is 21.0. The number of rotatable bonds is 11. The molecule has 8 rings (SSSR count). The largest absolute Gasteiger partial charge is 0.402 e. The third-order valence-electron chi connectivity index (χ3n) is 11.8. The molecule has 2 fully saturated rings. The summed E-state index contributed by atoms with van der Waals surface area (Å²) < 4.78 is 31.3. The molecule has 12 heteroatoms. The first-order chi connectivity index (χ1) is 28.0. The molecule has 0 aliphatic carbocycles. The number of carbonyl (C=O) groups is 1. The highest BCUT2D eigenvalue weighted by molar-refractivity contribution is 7.00. The average molecular weight is 826 g/mol. The summed E-state index contributed by atoms with van der Waals surface area (Å²) >= 11 is 0. The Morgan fingerprint density at radius 1 is 0.678 bits per heavy atom. The van der Waals surface area contributed by atoms with Gasteiger partial charge in [0.05, 0.1) is 12.9 Å². The first kappa shape index (κ1) is 40.9. The molecule has 6 aromatic rings. The molecule has 10 nitrogen and oxygen atoms in total. The van der Waals surface area contributed by atoms with Crippen molar-refractivity contribution in [3.05, 3.63) is 134 Å². The first-order valence-corrected chi connectivity index (χ1v) is 24.2. The highest BCUT2D eigenvalue weighted by Gasteiger charge is 2.74. The lowest BCUT2D eigenvalue weighted by Crippen LogP contribution is -2.68. The number of hydrogen-bond acceptors (Lipinski definition) is 8. The summed E-state index contributed by atoms with van der Waals surface area (Å²) in [5.41, 5.74) is 0.325. The predicted octanol–water partition coefficient (Wildman–Crippen LogP) is 6.96. The zero-order valence-corrected chi connectivity index (χ0v) is 37.5. The summed E-state index contributed by atoms with van der Waals surface area (Å²) in [7, 11) is -6.13. The van der Waals surface area contributed by atoms with Crippen LogP contribution in [0.1, 0.15) is 68.5 Å². The summed E-state index contributed by atoms with van der Waals surface area (Å²) in [6, 6.07) is 42.4. The van der Waals surface area contributed by atoms with Gasteiger partial charge in [0.15, 0.2) is 23.2 Å². The molecule has 0 unspecified atom stereocenters. The predicted molar refractivity (Wildman–Crippen MR) is 237 cm³/mol. The van der Waals surface area contributed by atoms with Crippen molar-refractivity contribution in [1.29, 1.82) is 0 Å². The van der Waals surface area contributed by atoms with Gasteiger partial charge in [-0.3, -0.25) is 9.36 Å². The molecule has 306 valence electrons. The van der Waals surface area contributed by atoms with Gasteiger partial charge in [-0.15, -0.1) is 0 Å². The number of amides is 1. The highest BCUT2D eigenvalue weighted by Crippen LogP contribution is 2.56. The maximum Gasteiger partial charge on any atom is 0.261 e. The summed E-state index contributed by atoms with van der Waals surface area (Å²) in [5.74, 6) is -0.964. The van der Waals surface area contributed by atoms with Gasteiger partial charge in [-0.05, 0) is 30.8 Å². The van der Waals surface area contributed by atoms with E-state index in [1.807, 2.05) is 49.6 Å². The van der Waals surface area contributed by atoms with Crippen molar-refractivity contribution in [2.75, 3.05) is 11.9 Å². The molecule has 0 radical (unpaired) electrons. The summed E-state index contributed by atoms with van der Waals surface area (Å²) in [6.07, 6.45) is 1.35. The van der Waals surface area contributed by atoms with Crippen LogP contribution < -0.4 is 26.1 Å². The van der Waals surface area contributed by atoms with Crippen molar-refractivity contribution in [1.82, 2.24) is 19.5 Å². The van der Waals surface area contributed by atoms with Crippen LogP contribution in [0.3, 0.4) is 0 Å². The summed E-state index contributed by atoms with van der Waals surface area (Å²) in [6.45, 7) is 19.4. The minimum Gasteiger partial charge on any atom is -0.402 e. The van der Waals surface area contributed by atoms with Gasteiger partial charge in [0.25, 0.3) is 16.6 Å². The molecule has 4 aromatic carbocycles. The number of nitrogens with zero attached hydrogens (tertiary/aromatic N) is 4. The van der Waals surface area contributed by atoms with E-state index in [1.165, 1.54) is 16.7 Å². The van der Waals surface area contributed by atoms with Crippen molar-refractivity contribution in [2.24, 2.45) is 5.41 Å². The minimum atomic E-state index is -3.15. The van der Waals surface area contributed by atoms with E-state index < -0.39 is 46.3 Å². The quantitative estimate of drug-likeness (QED) is 0.110. The second kappa shape index (κ2) is 15.0. The van der Waals surface area contributed by atoms with E-state index in [9.17, 15) is 4.79 Å². The fraction of sp³-hybridized carbons (Fsp3) is 0.362. The average Bonchev–Trinajstić information content (AvgIpc) is 3.59. The number of benzene rings is 4. The SMILES string of the molecule is CC(C)(C)C(=O)Nc1ncnc2c1ncn2[C@@H]1O[C@]2(CO[Si](c3ccccc3)(c3ccccc3)C(C)(C)C)O[C@@H]2[C@H]1O[Si](c1ccccc1)(c1ccccc1)C(C)(C)C. The lowest BCUT2D eigenvalue weighted by atomic mass is 9.96. The van der Waals surface area contributed by atoms with Crippen LogP contribution in [-0.4, -0.2) is 66.7 Å². The van der Waals surface area contributed by atoms with Crippen LogP contribution in [0.25, 0.3) is 11.2 Å². The van der Waals surface area contributed by atoms with Crippen molar-refractivity contribution in [2.45, 2.75) is 96.6 Å². The maximum atomic E-state index is 13.2. The third kappa shape index (κ3) is 7.09. The Kier molecular flexibility index (Phi) is 10.4. The maximum absolute atomic E-state index is 13.2. The van der Waals surface area contributed by atoms with Gasteiger partial charge < -0.3 is 23.6 Å². The molecular formula is C47H55N5O5Si2. The molecule has 4 atom stereocenters. The molecule has 2 aliphatic rings. The fourth-order valence-corrected chi connectivity index (χ4v) is 18.0. The number of anilines is 1. The zero-order chi connectivity index (χ0) is 41.8. The molecule has 1 N–H and O–H groups in total. The second-order valence-corrected chi connectivity index (χ2v) is 27.4. The molecule has 4 heterocycles. The lowest BCUT2D eigenvalue weighted by Gasteiger charge is -2.45. The van der Waals surface area contributed by atoms with Crippen LogP contribution in [-0.2, 0) is 23.1 Å². The molecule has 2 aromatic heterocycles. The Bertz CT molecular complexity index is 2340. The molecule has 0 spiro atoms. The van der Waals surface area contributed by atoms with Crippen LogP contribution in [0.2, 0.25) is 10.1 Å². The third-order valence-corrected chi connectivity index (χ3v) is 21.8. The van der Waals surface area contributed by atoms with E-state index in [4.69, 9.17) is 28.3 Å². The van der Waals surface area contributed by atoms with Gasteiger partial charge >= 0.3 is 0 Å². The van der Waals surface area contributed by atoms with Crippen LogP contribution in [0.15, 0.2) is 134 Å². The number of hydrogen-bond donors (Lipinski definition) is 1. The monoisotopic (exact) mass is 825 g/mol. The molecule has 0 saturated carbocycles. The van der Waals surface area contributed by atoms with Gasteiger partial charge in [0.2, 0.25) is 11.7 Å². The Morgan fingerprint density at radius 2 is 1.15 bits per heavy atom.